The third kappa shape index (κ3) is 3.56. The number of rotatable bonds is 5. The van der Waals surface area contributed by atoms with E-state index < -0.39 is 0 Å². The molecule has 0 spiro atoms. The molecule has 2 aromatic rings. The van der Waals surface area contributed by atoms with Crippen molar-refractivity contribution in [3.8, 4) is 11.5 Å². The predicted molar refractivity (Wildman–Crippen MR) is 83.9 cm³/mol. The minimum Gasteiger partial charge on any atom is -0.497 e. The van der Waals surface area contributed by atoms with Crippen molar-refractivity contribution < 1.29 is 14.6 Å². The highest BCUT2D eigenvalue weighted by atomic mass is 16.5. The number of aryl methyl sites for hydroxylation is 3. The highest BCUT2D eigenvalue weighted by Gasteiger charge is 2.08. The maximum atomic E-state index is 9.40. The third-order valence-corrected chi connectivity index (χ3v) is 3.66. The van der Waals surface area contributed by atoms with Gasteiger partial charge in [0.25, 0.3) is 0 Å². The molecule has 0 atom stereocenters. The average Bonchev–Trinajstić information content (AvgIpc) is 2.45. The molecule has 0 saturated heterocycles. The Labute approximate surface area is 126 Å². The Hall–Kier alpha value is -2.00. The minimum absolute atomic E-state index is 0.0504. The number of ether oxygens (including phenoxy) is 2. The van der Waals surface area contributed by atoms with E-state index in [0.29, 0.717) is 12.4 Å². The summed E-state index contributed by atoms with van der Waals surface area (Å²) in [6.45, 7) is 6.72. The number of benzene rings is 2. The lowest BCUT2D eigenvalue weighted by atomic mass is 10.0. The smallest absolute Gasteiger partial charge is 0.129 e. The van der Waals surface area contributed by atoms with E-state index in [2.05, 4.69) is 32.9 Å². The lowest BCUT2D eigenvalue weighted by Gasteiger charge is -2.15. The van der Waals surface area contributed by atoms with Gasteiger partial charge in [-0.05, 0) is 49.6 Å². The number of aliphatic hydroxyl groups excluding tert-OH is 1. The molecule has 21 heavy (non-hydrogen) atoms. The van der Waals surface area contributed by atoms with Crippen LogP contribution in [0.1, 0.15) is 27.8 Å². The van der Waals surface area contributed by atoms with Gasteiger partial charge in [0.05, 0.1) is 13.7 Å². The molecule has 0 fully saturated rings. The quantitative estimate of drug-likeness (QED) is 0.911. The van der Waals surface area contributed by atoms with Crippen LogP contribution in [0.2, 0.25) is 0 Å². The van der Waals surface area contributed by atoms with Crippen LogP contribution in [0.25, 0.3) is 0 Å². The predicted octanol–water partition coefficient (Wildman–Crippen LogP) is 3.69. The minimum atomic E-state index is -0.0504. The molecule has 0 aliphatic carbocycles. The van der Waals surface area contributed by atoms with E-state index in [1.165, 1.54) is 22.3 Å². The molecule has 3 heteroatoms. The molecule has 0 saturated carbocycles. The van der Waals surface area contributed by atoms with E-state index in [4.69, 9.17) is 9.47 Å². The second-order valence-corrected chi connectivity index (χ2v) is 5.30. The van der Waals surface area contributed by atoms with E-state index in [-0.39, 0.29) is 6.61 Å². The molecule has 2 rings (SSSR count). The Morgan fingerprint density at radius 2 is 1.67 bits per heavy atom. The van der Waals surface area contributed by atoms with Crippen molar-refractivity contribution in [3.63, 3.8) is 0 Å². The molecular weight excluding hydrogens is 264 g/mol. The van der Waals surface area contributed by atoms with Crippen LogP contribution in [0.5, 0.6) is 11.5 Å². The van der Waals surface area contributed by atoms with Crippen molar-refractivity contribution in [2.75, 3.05) is 7.11 Å². The van der Waals surface area contributed by atoms with Gasteiger partial charge in [-0.2, -0.15) is 0 Å². The Morgan fingerprint density at radius 3 is 2.24 bits per heavy atom. The summed E-state index contributed by atoms with van der Waals surface area (Å²) in [6, 6.07) is 9.77. The fourth-order valence-corrected chi connectivity index (χ4v) is 2.51. The molecule has 0 bridgehead atoms. The SMILES string of the molecule is COc1ccc(CO)c(OCc2c(C)cc(C)cc2C)c1. The van der Waals surface area contributed by atoms with Crippen LogP contribution in [0.4, 0.5) is 0 Å². The molecule has 0 heterocycles. The van der Waals surface area contributed by atoms with Crippen LogP contribution in [0, 0.1) is 20.8 Å². The summed E-state index contributed by atoms with van der Waals surface area (Å²) in [5.41, 5.74) is 5.65. The lowest BCUT2D eigenvalue weighted by molar-refractivity contribution is 0.257. The van der Waals surface area contributed by atoms with E-state index >= 15 is 0 Å². The highest BCUT2D eigenvalue weighted by molar-refractivity contribution is 5.41. The van der Waals surface area contributed by atoms with E-state index in [0.717, 1.165) is 11.3 Å². The van der Waals surface area contributed by atoms with E-state index in [9.17, 15) is 5.11 Å². The third-order valence-electron chi connectivity index (χ3n) is 3.66. The van der Waals surface area contributed by atoms with Gasteiger partial charge in [-0.25, -0.2) is 0 Å². The van der Waals surface area contributed by atoms with Gasteiger partial charge in [-0.1, -0.05) is 17.7 Å². The Morgan fingerprint density at radius 1 is 1.00 bits per heavy atom. The van der Waals surface area contributed by atoms with Gasteiger partial charge in [-0.3, -0.25) is 0 Å². The Balaban J connectivity index is 2.24. The van der Waals surface area contributed by atoms with Crippen molar-refractivity contribution in [1.82, 2.24) is 0 Å². The van der Waals surface area contributed by atoms with Crippen molar-refractivity contribution in [2.45, 2.75) is 34.0 Å². The van der Waals surface area contributed by atoms with Gasteiger partial charge >= 0.3 is 0 Å². The number of hydrogen-bond acceptors (Lipinski definition) is 3. The van der Waals surface area contributed by atoms with Gasteiger partial charge in [0, 0.05) is 11.6 Å². The maximum Gasteiger partial charge on any atom is 0.129 e. The van der Waals surface area contributed by atoms with Crippen LogP contribution in [-0.4, -0.2) is 12.2 Å². The summed E-state index contributed by atoms with van der Waals surface area (Å²) >= 11 is 0. The molecule has 0 radical (unpaired) electrons. The summed E-state index contributed by atoms with van der Waals surface area (Å²) in [4.78, 5) is 0. The van der Waals surface area contributed by atoms with Gasteiger partial charge in [0.15, 0.2) is 0 Å². The first-order chi connectivity index (χ1) is 10.0. The molecule has 0 amide bonds. The zero-order valence-electron chi connectivity index (χ0n) is 13.1. The normalized spacial score (nSPS) is 10.5. The maximum absolute atomic E-state index is 9.40. The summed E-state index contributed by atoms with van der Waals surface area (Å²) in [7, 11) is 1.62. The zero-order valence-corrected chi connectivity index (χ0v) is 13.1. The van der Waals surface area contributed by atoms with Crippen molar-refractivity contribution >= 4 is 0 Å². The Bertz CT molecular complexity index is 609. The number of aliphatic hydroxyl groups is 1. The van der Waals surface area contributed by atoms with Crippen molar-refractivity contribution in [3.05, 3.63) is 58.1 Å². The van der Waals surface area contributed by atoms with Crippen LogP contribution in [0.15, 0.2) is 30.3 Å². The first-order valence-corrected chi connectivity index (χ1v) is 7.02. The number of hydrogen-bond donors (Lipinski definition) is 1. The lowest BCUT2D eigenvalue weighted by Crippen LogP contribution is -2.03. The average molecular weight is 286 g/mol. The largest absolute Gasteiger partial charge is 0.497 e. The summed E-state index contributed by atoms with van der Waals surface area (Å²) < 4.78 is 11.1. The molecule has 1 N–H and O–H groups in total. The fraction of sp³-hybridized carbons (Fsp3) is 0.333. The van der Waals surface area contributed by atoms with Crippen LogP contribution in [-0.2, 0) is 13.2 Å². The highest BCUT2D eigenvalue weighted by Crippen LogP contribution is 2.27. The standard InChI is InChI=1S/C18H22O3/c1-12-7-13(2)17(14(3)8-12)11-21-18-9-16(20-4)6-5-15(18)10-19/h5-9,19H,10-11H2,1-4H3. The Kier molecular flexibility index (Phi) is 4.86. The second-order valence-electron chi connectivity index (χ2n) is 5.30. The molecule has 112 valence electrons. The van der Waals surface area contributed by atoms with Crippen LogP contribution < -0.4 is 9.47 Å². The van der Waals surface area contributed by atoms with Crippen LogP contribution >= 0.6 is 0 Å². The summed E-state index contributed by atoms with van der Waals surface area (Å²) in [6.07, 6.45) is 0. The van der Waals surface area contributed by atoms with E-state index in [1.54, 1.807) is 7.11 Å². The molecule has 0 aliphatic heterocycles. The molecular formula is C18H22O3. The van der Waals surface area contributed by atoms with Crippen molar-refractivity contribution in [2.24, 2.45) is 0 Å². The number of methoxy groups -OCH3 is 1. The first-order valence-electron chi connectivity index (χ1n) is 7.02. The summed E-state index contributed by atoms with van der Waals surface area (Å²) in [5.74, 6) is 1.38. The van der Waals surface area contributed by atoms with E-state index in [1.807, 2.05) is 18.2 Å². The van der Waals surface area contributed by atoms with Gasteiger partial charge in [0.2, 0.25) is 0 Å². The monoisotopic (exact) mass is 286 g/mol. The molecule has 0 aliphatic rings. The molecule has 0 aromatic heterocycles. The molecule has 0 unspecified atom stereocenters. The molecule has 3 nitrogen and oxygen atoms in total. The zero-order chi connectivity index (χ0) is 15.4. The summed E-state index contributed by atoms with van der Waals surface area (Å²) in [5, 5.41) is 9.40. The van der Waals surface area contributed by atoms with Gasteiger partial charge in [0.1, 0.15) is 18.1 Å². The first kappa shape index (κ1) is 15.4. The second kappa shape index (κ2) is 6.64. The van der Waals surface area contributed by atoms with Gasteiger partial charge in [-0.15, -0.1) is 0 Å². The van der Waals surface area contributed by atoms with Crippen LogP contribution in [0.3, 0.4) is 0 Å². The van der Waals surface area contributed by atoms with Gasteiger partial charge < -0.3 is 14.6 Å². The van der Waals surface area contributed by atoms with Crippen molar-refractivity contribution in [1.29, 1.82) is 0 Å². The fourth-order valence-electron chi connectivity index (χ4n) is 2.51. The topological polar surface area (TPSA) is 38.7 Å². The molecule has 2 aromatic carbocycles.